The monoisotopic (exact) mass is 433 g/mol. The van der Waals surface area contributed by atoms with Gasteiger partial charge in [-0.15, -0.1) is 0 Å². The number of aliphatic hydroxyl groups excluding tert-OH is 1. The molecule has 31 heavy (non-hydrogen) atoms. The molecule has 4 aromatic rings. The number of anilines is 1. The Labute approximate surface area is 186 Å². The van der Waals surface area contributed by atoms with Gasteiger partial charge in [0.15, 0.2) is 0 Å². The average molecular weight is 434 g/mol. The zero-order valence-corrected chi connectivity index (χ0v) is 17.9. The van der Waals surface area contributed by atoms with Crippen LogP contribution < -0.4 is 10.6 Å². The van der Waals surface area contributed by atoms with Gasteiger partial charge in [0.2, 0.25) is 0 Å². The number of nitrogens with zero attached hydrogens (tertiary/aromatic N) is 1. The van der Waals surface area contributed by atoms with Gasteiger partial charge in [-0.1, -0.05) is 48.0 Å². The molecule has 0 bridgehead atoms. The van der Waals surface area contributed by atoms with Crippen molar-refractivity contribution in [2.75, 3.05) is 18.9 Å². The predicted molar refractivity (Wildman–Crippen MR) is 126 cm³/mol. The minimum Gasteiger partial charge on any atom is -0.389 e. The summed E-state index contributed by atoms with van der Waals surface area (Å²) in [6.07, 6.45) is 1.37. The molecule has 0 fully saturated rings. The van der Waals surface area contributed by atoms with Crippen LogP contribution in [-0.2, 0) is 0 Å². The van der Waals surface area contributed by atoms with Crippen molar-refractivity contribution in [3.05, 3.63) is 101 Å². The van der Waals surface area contributed by atoms with E-state index in [1.807, 2.05) is 67.8 Å². The summed E-state index contributed by atoms with van der Waals surface area (Å²) in [4.78, 5) is 12.5. The molecule has 0 unspecified atom stereocenters. The second-order valence-corrected chi connectivity index (χ2v) is 7.88. The number of likely N-dealkylation sites (N-methyl/N-ethyl adjacent to an activating group) is 1. The van der Waals surface area contributed by atoms with Crippen molar-refractivity contribution < 1.29 is 9.90 Å². The van der Waals surface area contributed by atoms with Crippen LogP contribution in [0.15, 0.2) is 85.1 Å². The summed E-state index contributed by atoms with van der Waals surface area (Å²) in [6, 6.07) is 24.3. The van der Waals surface area contributed by atoms with Crippen molar-refractivity contribution in [2.45, 2.75) is 12.1 Å². The molecule has 4 rings (SSSR count). The number of rotatable bonds is 7. The lowest BCUT2D eigenvalue weighted by atomic mass is 10.0. The van der Waals surface area contributed by atoms with Crippen LogP contribution in [0.1, 0.15) is 22.0 Å². The molecule has 6 heteroatoms. The van der Waals surface area contributed by atoms with E-state index in [1.54, 1.807) is 24.3 Å². The Hall–Kier alpha value is -3.12. The molecular weight excluding hydrogens is 410 g/mol. The summed E-state index contributed by atoms with van der Waals surface area (Å²) >= 11 is 5.99. The van der Waals surface area contributed by atoms with Crippen molar-refractivity contribution in [2.24, 2.45) is 0 Å². The van der Waals surface area contributed by atoms with Crippen molar-refractivity contribution in [3.63, 3.8) is 0 Å². The summed E-state index contributed by atoms with van der Waals surface area (Å²) in [5, 5.41) is 18.3. The predicted octanol–water partition coefficient (Wildman–Crippen LogP) is 4.72. The van der Waals surface area contributed by atoms with Gasteiger partial charge in [0.25, 0.3) is 5.91 Å². The van der Waals surface area contributed by atoms with E-state index in [1.165, 1.54) is 0 Å². The Morgan fingerprint density at radius 1 is 1.03 bits per heavy atom. The Bertz CT molecular complexity index is 1190. The van der Waals surface area contributed by atoms with E-state index in [2.05, 4.69) is 15.2 Å². The third-order valence-corrected chi connectivity index (χ3v) is 5.52. The van der Waals surface area contributed by atoms with Crippen molar-refractivity contribution >= 4 is 34.1 Å². The zero-order chi connectivity index (χ0) is 21.8. The van der Waals surface area contributed by atoms with Gasteiger partial charge in [-0.2, -0.15) is 0 Å². The van der Waals surface area contributed by atoms with Gasteiger partial charge < -0.3 is 20.3 Å². The Morgan fingerprint density at radius 2 is 1.84 bits per heavy atom. The van der Waals surface area contributed by atoms with E-state index in [0.29, 0.717) is 22.8 Å². The lowest BCUT2D eigenvalue weighted by Crippen LogP contribution is -2.33. The molecule has 1 heterocycles. The first-order valence-electron chi connectivity index (χ1n) is 10.1. The van der Waals surface area contributed by atoms with Crippen LogP contribution in [0.5, 0.6) is 0 Å². The van der Waals surface area contributed by atoms with E-state index >= 15 is 0 Å². The first kappa shape index (κ1) is 21.1. The number of fused-ring (bicyclic) bond motifs is 1. The minimum absolute atomic E-state index is 0.215. The van der Waals surface area contributed by atoms with Crippen LogP contribution >= 0.6 is 11.6 Å². The molecule has 3 aromatic carbocycles. The van der Waals surface area contributed by atoms with Crippen LogP contribution in [0, 0.1) is 0 Å². The molecule has 3 N–H and O–H groups in total. The molecule has 158 valence electrons. The number of halogens is 1. The van der Waals surface area contributed by atoms with Crippen LogP contribution in [0.2, 0.25) is 5.02 Å². The zero-order valence-electron chi connectivity index (χ0n) is 17.1. The maximum atomic E-state index is 12.5. The van der Waals surface area contributed by atoms with Gasteiger partial charge in [0.05, 0.1) is 12.1 Å². The van der Waals surface area contributed by atoms with Gasteiger partial charge >= 0.3 is 0 Å². The van der Waals surface area contributed by atoms with E-state index < -0.39 is 6.10 Å². The first-order chi connectivity index (χ1) is 15.1. The molecule has 1 amide bonds. The smallest absolute Gasteiger partial charge is 0.255 e. The van der Waals surface area contributed by atoms with Crippen molar-refractivity contribution in [1.82, 2.24) is 9.88 Å². The fourth-order valence-corrected chi connectivity index (χ4v) is 4.05. The number of amides is 1. The summed E-state index contributed by atoms with van der Waals surface area (Å²) in [6.45, 7) is 0.465. The summed E-state index contributed by atoms with van der Waals surface area (Å²) in [7, 11) is 1.83. The second kappa shape index (κ2) is 9.35. The van der Waals surface area contributed by atoms with E-state index in [4.69, 9.17) is 11.6 Å². The van der Waals surface area contributed by atoms with Crippen molar-refractivity contribution in [3.8, 4) is 0 Å². The van der Waals surface area contributed by atoms with Gasteiger partial charge in [-0.05, 0) is 55.1 Å². The van der Waals surface area contributed by atoms with Crippen LogP contribution in [-0.4, -0.2) is 35.3 Å². The number of aromatic nitrogens is 1. The Kier molecular flexibility index (Phi) is 6.37. The molecule has 0 saturated carbocycles. The standard InChI is InChI=1S/C25H24ClN3O2/c1-27-16-23(30)24(17-6-3-2-4-7-17)29-13-12-18-15-21(10-11-22(18)29)28-25(31)19-8-5-9-20(26)14-19/h2-15,23-24,27,30H,16H2,1H3,(H,28,31)/t23-,24+/m1/s1. The van der Waals surface area contributed by atoms with Gasteiger partial charge in [0.1, 0.15) is 0 Å². The van der Waals surface area contributed by atoms with Crippen LogP contribution in [0.25, 0.3) is 10.9 Å². The maximum absolute atomic E-state index is 12.5. The topological polar surface area (TPSA) is 66.3 Å². The number of carbonyl (C=O) groups is 1. The fraction of sp³-hybridized carbons (Fsp3) is 0.160. The summed E-state index contributed by atoms with van der Waals surface area (Å²) < 4.78 is 2.08. The molecule has 0 radical (unpaired) electrons. The SMILES string of the molecule is CNC[C@@H](O)[C@H](c1ccccc1)n1ccc2cc(NC(=O)c3cccc(Cl)c3)ccc21. The third kappa shape index (κ3) is 4.64. The highest BCUT2D eigenvalue weighted by atomic mass is 35.5. The van der Waals surface area contributed by atoms with Gasteiger partial charge in [-0.3, -0.25) is 4.79 Å². The number of benzene rings is 3. The lowest BCUT2D eigenvalue weighted by Gasteiger charge is -2.26. The molecular formula is C25H24ClN3O2. The molecule has 0 saturated heterocycles. The number of nitrogens with one attached hydrogen (secondary N) is 2. The third-order valence-electron chi connectivity index (χ3n) is 5.28. The average Bonchev–Trinajstić information content (AvgIpc) is 3.18. The highest BCUT2D eigenvalue weighted by molar-refractivity contribution is 6.31. The minimum atomic E-state index is -0.606. The quantitative estimate of drug-likeness (QED) is 0.395. The van der Waals surface area contributed by atoms with Crippen LogP contribution in [0.4, 0.5) is 5.69 Å². The number of aliphatic hydroxyl groups is 1. The highest BCUT2D eigenvalue weighted by Gasteiger charge is 2.23. The molecule has 5 nitrogen and oxygen atoms in total. The molecule has 2 atom stereocenters. The first-order valence-corrected chi connectivity index (χ1v) is 10.5. The number of hydrogen-bond acceptors (Lipinski definition) is 3. The largest absolute Gasteiger partial charge is 0.389 e. The summed E-state index contributed by atoms with van der Waals surface area (Å²) in [5.74, 6) is -0.215. The van der Waals surface area contributed by atoms with E-state index in [-0.39, 0.29) is 11.9 Å². The van der Waals surface area contributed by atoms with Crippen LogP contribution in [0.3, 0.4) is 0 Å². The fourth-order valence-electron chi connectivity index (χ4n) is 3.86. The number of carbonyl (C=O) groups excluding carboxylic acids is 1. The Morgan fingerprint density at radius 3 is 2.58 bits per heavy atom. The molecule has 1 aromatic heterocycles. The molecule has 0 spiro atoms. The molecule has 0 aliphatic rings. The second-order valence-electron chi connectivity index (χ2n) is 7.44. The highest BCUT2D eigenvalue weighted by Crippen LogP contribution is 2.29. The van der Waals surface area contributed by atoms with Crippen molar-refractivity contribution in [1.29, 1.82) is 0 Å². The van der Waals surface area contributed by atoms with Gasteiger partial charge in [0, 0.05) is 39.9 Å². The normalized spacial score (nSPS) is 13.1. The van der Waals surface area contributed by atoms with E-state index in [0.717, 1.165) is 16.5 Å². The molecule has 0 aliphatic carbocycles. The Balaban J connectivity index is 1.65. The van der Waals surface area contributed by atoms with E-state index in [9.17, 15) is 9.90 Å². The molecule has 0 aliphatic heterocycles. The number of hydrogen-bond donors (Lipinski definition) is 3. The summed E-state index contributed by atoms with van der Waals surface area (Å²) in [5.41, 5.74) is 3.21. The van der Waals surface area contributed by atoms with Gasteiger partial charge in [-0.25, -0.2) is 0 Å². The lowest BCUT2D eigenvalue weighted by molar-refractivity contribution is 0.102. The maximum Gasteiger partial charge on any atom is 0.255 e.